The molecule has 1 aliphatic heterocycles. The van der Waals surface area contributed by atoms with Crippen LogP contribution in [0.2, 0.25) is 0 Å². The Bertz CT molecular complexity index is 1810. The largest absolute Gasteiger partial charge is 0.416 e. The lowest BCUT2D eigenvalue weighted by atomic mass is 10.0. The van der Waals surface area contributed by atoms with E-state index in [0.717, 1.165) is 43.2 Å². The number of amides is 1. The van der Waals surface area contributed by atoms with Crippen LogP contribution in [0.25, 0.3) is 5.65 Å². The third kappa shape index (κ3) is 7.10. The molecule has 44 heavy (non-hydrogen) atoms. The zero-order valence-electron chi connectivity index (χ0n) is 24.3. The van der Waals surface area contributed by atoms with Crippen molar-refractivity contribution < 1.29 is 18.0 Å². The Morgan fingerprint density at radius 3 is 2.61 bits per heavy atom. The molecule has 0 aliphatic carbocycles. The molecule has 2 aromatic carbocycles. The number of anilines is 2. The first-order chi connectivity index (χ1) is 21.1. The standard InChI is InChI=1S/C33H32F3N7O/c1-21-5-7-24(32(44)42-26-9-6-22(2)29(17-26)33(34,35)36)16-23(21)8-10-28-20-40-31-30(4-3-15-43(28)31)41-27(18-37)19-39-25-11-13-38-14-12-25/h3-7,9,15-20,25,38,41H,11-14,37H2,1-2H3,(H,42,44). The Hall–Kier alpha value is -5.08. The molecule has 1 fully saturated rings. The van der Waals surface area contributed by atoms with Crippen LogP contribution in [0.5, 0.6) is 0 Å². The minimum atomic E-state index is -4.52. The van der Waals surface area contributed by atoms with E-state index in [1.165, 1.54) is 25.3 Å². The fourth-order valence-corrected chi connectivity index (χ4v) is 4.85. The van der Waals surface area contributed by atoms with Crippen LogP contribution < -0.4 is 21.7 Å². The number of fused-ring (bicyclic) bond motifs is 1. The summed E-state index contributed by atoms with van der Waals surface area (Å²) in [7, 11) is 0. The molecule has 5 rings (SSSR count). The van der Waals surface area contributed by atoms with Gasteiger partial charge in [0.05, 0.1) is 29.2 Å². The van der Waals surface area contributed by atoms with Crippen molar-refractivity contribution in [2.75, 3.05) is 23.7 Å². The highest BCUT2D eigenvalue weighted by molar-refractivity contribution is 6.04. The number of halogens is 3. The monoisotopic (exact) mass is 599 g/mol. The fourth-order valence-electron chi connectivity index (χ4n) is 4.85. The maximum atomic E-state index is 13.3. The summed E-state index contributed by atoms with van der Waals surface area (Å²) in [6, 6.07) is 12.7. The van der Waals surface area contributed by atoms with Gasteiger partial charge in [-0.2, -0.15) is 13.2 Å². The summed E-state index contributed by atoms with van der Waals surface area (Å²) in [5, 5.41) is 9.18. The molecular weight excluding hydrogens is 567 g/mol. The molecule has 0 unspecified atom stereocenters. The smallest absolute Gasteiger partial charge is 0.403 e. The predicted molar refractivity (Wildman–Crippen MR) is 167 cm³/mol. The average Bonchev–Trinajstić information content (AvgIpc) is 3.43. The minimum Gasteiger partial charge on any atom is -0.403 e. The summed E-state index contributed by atoms with van der Waals surface area (Å²) in [6.45, 7) is 5.14. The number of piperidine rings is 1. The van der Waals surface area contributed by atoms with Crippen molar-refractivity contribution in [1.82, 2.24) is 14.7 Å². The molecule has 0 radical (unpaired) electrons. The Labute approximate surface area is 253 Å². The molecule has 5 N–H and O–H groups in total. The van der Waals surface area contributed by atoms with Crippen LogP contribution in [0.4, 0.5) is 24.5 Å². The van der Waals surface area contributed by atoms with E-state index in [2.05, 4.69) is 37.8 Å². The number of aryl methyl sites for hydroxylation is 2. The number of carbonyl (C=O) groups is 1. The molecule has 11 heteroatoms. The molecule has 3 heterocycles. The van der Waals surface area contributed by atoms with Gasteiger partial charge in [-0.05, 0) is 93.2 Å². The van der Waals surface area contributed by atoms with Gasteiger partial charge in [0.1, 0.15) is 5.69 Å². The number of aromatic nitrogens is 2. The quantitative estimate of drug-likeness (QED) is 0.169. The topological polar surface area (TPSA) is 109 Å². The Balaban J connectivity index is 1.34. The van der Waals surface area contributed by atoms with Gasteiger partial charge in [0, 0.05) is 35.4 Å². The van der Waals surface area contributed by atoms with Crippen LogP contribution in [0.15, 0.2) is 77.8 Å². The van der Waals surface area contributed by atoms with E-state index in [-0.39, 0.29) is 22.9 Å². The summed E-state index contributed by atoms with van der Waals surface area (Å²) in [6.07, 6.45) is 4.17. The van der Waals surface area contributed by atoms with E-state index in [1.54, 1.807) is 30.6 Å². The highest BCUT2D eigenvalue weighted by Gasteiger charge is 2.32. The number of benzene rings is 2. The van der Waals surface area contributed by atoms with Crippen LogP contribution in [0.3, 0.4) is 0 Å². The first-order valence-electron chi connectivity index (χ1n) is 14.1. The highest BCUT2D eigenvalue weighted by atomic mass is 19.4. The molecule has 2 aromatic heterocycles. The number of rotatable bonds is 6. The van der Waals surface area contributed by atoms with Gasteiger partial charge < -0.3 is 21.7 Å². The molecule has 1 saturated heterocycles. The van der Waals surface area contributed by atoms with Gasteiger partial charge in [-0.15, -0.1) is 0 Å². The van der Waals surface area contributed by atoms with Crippen LogP contribution >= 0.6 is 0 Å². The molecule has 0 spiro atoms. The van der Waals surface area contributed by atoms with Crippen molar-refractivity contribution in [2.24, 2.45) is 10.7 Å². The van der Waals surface area contributed by atoms with Crippen LogP contribution in [0.1, 0.15) is 51.1 Å². The number of allylic oxidation sites excluding steroid dienone is 1. The molecule has 1 amide bonds. The number of alkyl halides is 3. The van der Waals surface area contributed by atoms with Crippen LogP contribution in [-0.4, -0.2) is 40.6 Å². The first-order valence-corrected chi connectivity index (χ1v) is 14.1. The second-order valence-corrected chi connectivity index (χ2v) is 10.5. The van der Waals surface area contributed by atoms with Gasteiger partial charge in [-0.3, -0.25) is 14.2 Å². The summed E-state index contributed by atoms with van der Waals surface area (Å²) < 4.78 is 41.8. The second-order valence-electron chi connectivity index (χ2n) is 10.5. The van der Waals surface area contributed by atoms with Gasteiger partial charge in [0.25, 0.3) is 5.91 Å². The zero-order valence-corrected chi connectivity index (χ0v) is 24.3. The van der Waals surface area contributed by atoms with E-state index in [9.17, 15) is 18.0 Å². The molecule has 1 aliphatic rings. The normalized spacial score (nSPS) is 14.4. The van der Waals surface area contributed by atoms with Gasteiger partial charge >= 0.3 is 6.18 Å². The zero-order chi connectivity index (χ0) is 31.3. The average molecular weight is 600 g/mol. The number of pyridine rings is 1. The van der Waals surface area contributed by atoms with Crippen molar-refractivity contribution in [3.8, 4) is 11.8 Å². The molecule has 226 valence electrons. The fraction of sp³-hybridized carbons (Fsp3) is 0.242. The van der Waals surface area contributed by atoms with Crippen molar-refractivity contribution >= 4 is 29.1 Å². The van der Waals surface area contributed by atoms with E-state index in [1.807, 2.05) is 29.7 Å². The molecular formula is C33H32F3N7O. The summed E-state index contributed by atoms with van der Waals surface area (Å²) >= 11 is 0. The van der Waals surface area contributed by atoms with E-state index in [0.29, 0.717) is 22.6 Å². The van der Waals surface area contributed by atoms with Crippen LogP contribution in [-0.2, 0) is 6.18 Å². The molecule has 8 nitrogen and oxygen atoms in total. The van der Waals surface area contributed by atoms with Crippen molar-refractivity contribution in [3.63, 3.8) is 0 Å². The Morgan fingerprint density at radius 1 is 1.09 bits per heavy atom. The predicted octanol–water partition coefficient (Wildman–Crippen LogP) is 5.66. The Kier molecular flexibility index (Phi) is 9.01. The number of nitrogens with zero attached hydrogens (tertiary/aromatic N) is 3. The first kappa shape index (κ1) is 30.4. The summed E-state index contributed by atoms with van der Waals surface area (Å²) in [4.78, 5) is 22.1. The molecule has 0 saturated carbocycles. The van der Waals surface area contributed by atoms with E-state index < -0.39 is 17.6 Å². The lowest BCUT2D eigenvalue weighted by molar-refractivity contribution is -0.138. The Morgan fingerprint density at radius 2 is 1.86 bits per heavy atom. The van der Waals surface area contributed by atoms with Crippen molar-refractivity contribution in [3.05, 3.63) is 106 Å². The summed E-state index contributed by atoms with van der Waals surface area (Å²) in [5.74, 6) is 5.70. The number of imidazole rings is 1. The molecule has 0 bridgehead atoms. The second kappa shape index (κ2) is 13.1. The maximum absolute atomic E-state index is 13.3. The highest BCUT2D eigenvalue weighted by Crippen LogP contribution is 2.33. The maximum Gasteiger partial charge on any atom is 0.416 e. The number of nitrogens with two attached hydrogens (primary N) is 1. The van der Waals surface area contributed by atoms with Crippen molar-refractivity contribution in [1.29, 1.82) is 0 Å². The van der Waals surface area contributed by atoms with E-state index in [4.69, 9.17) is 5.73 Å². The van der Waals surface area contributed by atoms with Crippen molar-refractivity contribution in [2.45, 2.75) is 38.9 Å². The lowest BCUT2D eigenvalue weighted by Gasteiger charge is -2.18. The number of hydrogen-bond donors (Lipinski definition) is 4. The lowest BCUT2D eigenvalue weighted by Crippen LogP contribution is -2.30. The van der Waals surface area contributed by atoms with E-state index >= 15 is 0 Å². The van der Waals surface area contributed by atoms with Gasteiger partial charge in [0.15, 0.2) is 5.65 Å². The van der Waals surface area contributed by atoms with Gasteiger partial charge in [0.2, 0.25) is 0 Å². The third-order valence-corrected chi connectivity index (χ3v) is 7.35. The molecule has 4 aromatic rings. The summed E-state index contributed by atoms with van der Waals surface area (Å²) in [5.41, 5.74) is 9.57. The SMILES string of the molecule is Cc1ccc(C(=O)Nc2ccc(C)c(C(F)(F)F)c2)cc1C#Cc1cnc2c(NC(C=NC3CCNCC3)=CN)cccn12. The third-order valence-electron chi connectivity index (χ3n) is 7.35. The van der Waals surface area contributed by atoms with Gasteiger partial charge in [-0.1, -0.05) is 18.1 Å². The molecule has 0 atom stereocenters. The number of nitrogens with one attached hydrogen (secondary N) is 3. The number of hydrogen-bond acceptors (Lipinski definition) is 6. The van der Waals surface area contributed by atoms with Crippen LogP contribution in [0, 0.1) is 25.7 Å². The number of carbonyl (C=O) groups excluding carboxylic acids is 1. The number of aliphatic imine (C=N–C) groups is 1. The van der Waals surface area contributed by atoms with Gasteiger partial charge in [-0.25, -0.2) is 4.98 Å². The minimum absolute atomic E-state index is 0.0569.